The van der Waals surface area contributed by atoms with Crippen LogP contribution < -0.4 is 0 Å². The Bertz CT molecular complexity index is 980. The number of carboxylic acids is 2. The number of aromatic nitrogens is 2. The number of hydrogen-bond acceptors (Lipinski definition) is 6. The predicted molar refractivity (Wildman–Crippen MR) is 122 cm³/mol. The normalized spacial score (nSPS) is 16.2. The van der Waals surface area contributed by atoms with Crippen LogP contribution in [0.1, 0.15) is 17.5 Å². The van der Waals surface area contributed by atoms with Gasteiger partial charge in [-0.3, -0.25) is 0 Å². The smallest absolute Gasteiger partial charge is 0.328 e. The lowest BCUT2D eigenvalue weighted by Gasteiger charge is -2.32. The maximum atomic E-state index is 9.55. The van der Waals surface area contributed by atoms with Crippen molar-refractivity contribution < 1.29 is 19.8 Å². The van der Waals surface area contributed by atoms with Gasteiger partial charge in [0.25, 0.3) is 0 Å². The summed E-state index contributed by atoms with van der Waals surface area (Å²) in [6.45, 7) is 5.93. The van der Waals surface area contributed by atoms with E-state index in [0.717, 1.165) is 24.9 Å². The van der Waals surface area contributed by atoms with Gasteiger partial charge in [-0.2, -0.15) is 0 Å². The van der Waals surface area contributed by atoms with Gasteiger partial charge in [0.05, 0.1) is 0 Å². The fourth-order valence-corrected chi connectivity index (χ4v) is 3.88. The number of piperazine rings is 1. The van der Waals surface area contributed by atoms with Gasteiger partial charge in [-0.1, -0.05) is 24.3 Å². The first-order valence-electron chi connectivity index (χ1n) is 10.6. The molecule has 1 aromatic carbocycles. The van der Waals surface area contributed by atoms with Crippen molar-refractivity contribution >= 4 is 17.5 Å². The van der Waals surface area contributed by atoms with Crippen molar-refractivity contribution in [3.05, 3.63) is 66.3 Å². The van der Waals surface area contributed by atoms with Crippen LogP contribution in [0.25, 0.3) is 16.7 Å². The second kappa shape index (κ2) is 11.3. The zero-order chi connectivity index (χ0) is 22.9. The van der Waals surface area contributed by atoms with Crippen LogP contribution in [0.15, 0.2) is 55.1 Å². The average Bonchev–Trinajstić information content (AvgIpc) is 3.21. The minimum absolute atomic E-state index is 0.558. The molecule has 1 aliphatic carbocycles. The summed E-state index contributed by atoms with van der Waals surface area (Å²) >= 11 is 0. The van der Waals surface area contributed by atoms with Crippen LogP contribution in [0.2, 0.25) is 0 Å². The van der Waals surface area contributed by atoms with Crippen molar-refractivity contribution in [2.24, 2.45) is 0 Å². The quantitative estimate of drug-likeness (QED) is 0.665. The Kier molecular flexibility index (Phi) is 8.24. The lowest BCUT2D eigenvalue weighted by atomic mass is 9.95. The molecule has 1 fully saturated rings. The van der Waals surface area contributed by atoms with Gasteiger partial charge in [0.1, 0.15) is 6.33 Å². The van der Waals surface area contributed by atoms with Crippen molar-refractivity contribution in [2.75, 3.05) is 39.8 Å². The van der Waals surface area contributed by atoms with Crippen LogP contribution in [0.5, 0.6) is 0 Å². The molecule has 0 atom stereocenters. The van der Waals surface area contributed by atoms with Gasteiger partial charge in [-0.05, 0) is 42.2 Å². The average molecular weight is 437 g/mol. The molecule has 0 saturated carbocycles. The van der Waals surface area contributed by atoms with Crippen molar-refractivity contribution in [1.29, 1.82) is 0 Å². The topological polar surface area (TPSA) is 107 Å². The largest absolute Gasteiger partial charge is 0.478 e. The molecule has 168 valence electrons. The van der Waals surface area contributed by atoms with E-state index in [1.807, 2.05) is 12.4 Å². The number of aliphatic carboxylic acids is 2. The molecule has 0 radical (unpaired) electrons. The number of allylic oxidation sites excluding steroid dienone is 1. The third kappa shape index (κ3) is 6.57. The number of benzene rings is 1. The van der Waals surface area contributed by atoms with Gasteiger partial charge in [0.15, 0.2) is 0 Å². The molecule has 2 N–H and O–H groups in total. The number of carboxylic acid groups (broad SMARTS) is 2. The van der Waals surface area contributed by atoms with E-state index in [1.54, 1.807) is 6.33 Å². The third-order valence-corrected chi connectivity index (χ3v) is 5.61. The highest BCUT2D eigenvalue weighted by molar-refractivity contribution is 5.89. The lowest BCUT2D eigenvalue weighted by molar-refractivity contribution is -0.134. The van der Waals surface area contributed by atoms with Gasteiger partial charge < -0.3 is 20.0 Å². The van der Waals surface area contributed by atoms with E-state index in [-0.39, 0.29) is 0 Å². The molecule has 0 amide bonds. The third-order valence-electron chi connectivity index (χ3n) is 5.61. The van der Waals surface area contributed by atoms with Gasteiger partial charge in [0, 0.05) is 62.8 Å². The summed E-state index contributed by atoms with van der Waals surface area (Å²) < 4.78 is 0. The van der Waals surface area contributed by atoms with E-state index in [1.165, 1.54) is 48.4 Å². The number of fused-ring (bicyclic) bond motifs is 1. The summed E-state index contributed by atoms with van der Waals surface area (Å²) in [5, 5.41) is 15.6. The first-order valence-corrected chi connectivity index (χ1v) is 10.6. The van der Waals surface area contributed by atoms with E-state index in [4.69, 9.17) is 10.2 Å². The highest BCUT2D eigenvalue weighted by Gasteiger charge is 2.20. The zero-order valence-corrected chi connectivity index (χ0v) is 18.1. The summed E-state index contributed by atoms with van der Waals surface area (Å²) in [7, 11) is 2.21. The monoisotopic (exact) mass is 436 g/mol. The molecular weight excluding hydrogens is 408 g/mol. The van der Waals surface area contributed by atoms with Crippen LogP contribution >= 0.6 is 0 Å². The molecular formula is C24H28N4O4. The molecule has 8 nitrogen and oxygen atoms in total. The zero-order valence-electron chi connectivity index (χ0n) is 18.1. The summed E-state index contributed by atoms with van der Waals surface area (Å²) in [5.41, 5.74) is 6.75. The Labute approximate surface area is 187 Å². The first kappa shape index (κ1) is 23.3. The van der Waals surface area contributed by atoms with E-state index < -0.39 is 11.9 Å². The Balaban J connectivity index is 0.000000312. The summed E-state index contributed by atoms with van der Waals surface area (Å²) in [5.74, 6) is -2.51. The van der Waals surface area contributed by atoms with Crippen LogP contribution in [0.4, 0.5) is 0 Å². The molecule has 1 aliphatic heterocycles. The Morgan fingerprint density at radius 1 is 1.00 bits per heavy atom. The minimum Gasteiger partial charge on any atom is -0.478 e. The Morgan fingerprint density at radius 2 is 1.62 bits per heavy atom. The molecule has 32 heavy (non-hydrogen) atoms. The Morgan fingerprint density at radius 3 is 2.25 bits per heavy atom. The summed E-state index contributed by atoms with van der Waals surface area (Å²) in [4.78, 5) is 32.5. The van der Waals surface area contributed by atoms with Gasteiger partial charge in [0.2, 0.25) is 0 Å². The summed E-state index contributed by atoms with van der Waals surface area (Å²) in [6.07, 6.45) is 11.1. The maximum Gasteiger partial charge on any atom is 0.328 e. The van der Waals surface area contributed by atoms with E-state index >= 15 is 0 Å². The minimum atomic E-state index is -1.26. The van der Waals surface area contributed by atoms with Crippen LogP contribution in [0, 0.1) is 0 Å². The van der Waals surface area contributed by atoms with Crippen molar-refractivity contribution in [2.45, 2.75) is 12.8 Å². The first-order chi connectivity index (χ1) is 15.4. The fraction of sp³-hybridized carbons (Fsp3) is 0.333. The number of likely N-dealkylation sites (N-methyl/N-ethyl adjacent to an activating group) is 1. The number of nitrogens with zero attached hydrogens (tertiary/aromatic N) is 4. The molecule has 4 rings (SSSR count). The predicted octanol–water partition coefficient (Wildman–Crippen LogP) is 2.43. The lowest BCUT2D eigenvalue weighted by Crippen LogP contribution is -2.44. The van der Waals surface area contributed by atoms with Crippen LogP contribution in [-0.4, -0.2) is 81.7 Å². The van der Waals surface area contributed by atoms with Gasteiger partial charge in [-0.15, -0.1) is 0 Å². The van der Waals surface area contributed by atoms with E-state index in [0.29, 0.717) is 12.2 Å². The molecule has 2 heterocycles. The van der Waals surface area contributed by atoms with Crippen molar-refractivity contribution in [3.8, 4) is 11.1 Å². The van der Waals surface area contributed by atoms with Crippen molar-refractivity contribution in [1.82, 2.24) is 19.8 Å². The van der Waals surface area contributed by atoms with Crippen molar-refractivity contribution in [3.63, 3.8) is 0 Å². The van der Waals surface area contributed by atoms with E-state index in [9.17, 15) is 9.59 Å². The molecule has 1 aromatic heterocycles. The standard InChI is InChI=1S/C20H24N4.C4H4O4/c1-23-9-11-24(12-10-23)8-7-16-5-6-20-18(16)3-2-4-19(20)17-13-21-15-22-14-17;5-3(6)1-2-4(7)8/h2-5,13-15H,6-12H2,1H3;1-2H,(H,5,6)(H,7,8). The maximum absolute atomic E-state index is 9.55. The molecule has 8 heteroatoms. The van der Waals surface area contributed by atoms with Crippen LogP contribution in [0.3, 0.4) is 0 Å². The molecule has 0 unspecified atom stereocenters. The second-order valence-electron chi connectivity index (χ2n) is 7.80. The molecule has 2 aromatic rings. The van der Waals surface area contributed by atoms with Gasteiger partial charge in [-0.25, -0.2) is 19.6 Å². The highest BCUT2D eigenvalue weighted by Crippen LogP contribution is 2.36. The summed E-state index contributed by atoms with van der Waals surface area (Å²) in [6, 6.07) is 6.62. The fourth-order valence-electron chi connectivity index (χ4n) is 3.88. The SMILES string of the molecule is CN1CCN(CCC2=CCc3c2cccc3-c2cncnc2)CC1.O=C(O)C=CC(=O)O. The number of carbonyl (C=O) groups is 2. The van der Waals surface area contributed by atoms with E-state index in [2.05, 4.69) is 51.1 Å². The second-order valence-corrected chi connectivity index (χ2v) is 7.80. The molecule has 1 saturated heterocycles. The van der Waals surface area contributed by atoms with Gasteiger partial charge >= 0.3 is 11.9 Å². The number of hydrogen-bond donors (Lipinski definition) is 2. The van der Waals surface area contributed by atoms with Crippen LogP contribution in [-0.2, 0) is 16.0 Å². The Hall–Kier alpha value is -3.36. The molecule has 0 spiro atoms. The number of rotatable bonds is 6. The highest BCUT2D eigenvalue weighted by atomic mass is 16.4. The molecule has 2 aliphatic rings. The molecule has 0 bridgehead atoms.